The summed E-state index contributed by atoms with van der Waals surface area (Å²) in [7, 11) is 0. The van der Waals surface area contributed by atoms with Gasteiger partial charge in [0.05, 0.1) is 6.61 Å². The number of rotatable bonds is 6. The summed E-state index contributed by atoms with van der Waals surface area (Å²) >= 11 is 0. The summed E-state index contributed by atoms with van der Waals surface area (Å²) in [4.78, 5) is 27.2. The average molecular weight is 315 g/mol. The molecule has 0 aliphatic rings. The predicted octanol–water partition coefficient (Wildman–Crippen LogP) is 1.32. The van der Waals surface area contributed by atoms with Crippen molar-refractivity contribution in [3.05, 3.63) is 54.4 Å². The number of amides is 2. The number of hydrogen-bond donors (Lipinski definition) is 2. The molecule has 0 fully saturated rings. The highest BCUT2D eigenvalue weighted by molar-refractivity contribution is 5.93. The molecule has 0 aliphatic carbocycles. The van der Waals surface area contributed by atoms with Crippen LogP contribution in [0, 0.1) is 0 Å². The van der Waals surface area contributed by atoms with Crippen LogP contribution in [0.25, 0.3) is 0 Å². The molecular formula is C16H17N3O4. The van der Waals surface area contributed by atoms with Crippen molar-refractivity contribution in [2.45, 2.75) is 6.92 Å². The molecule has 7 heteroatoms. The second kappa shape index (κ2) is 8.38. The van der Waals surface area contributed by atoms with E-state index in [1.54, 1.807) is 36.4 Å². The van der Waals surface area contributed by atoms with E-state index in [4.69, 9.17) is 9.47 Å². The molecule has 0 saturated carbocycles. The number of hydrazine groups is 1. The third kappa shape index (κ3) is 5.31. The summed E-state index contributed by atoms with van der Waals surface area (Å²) in [6.07, 6.45) is 1.49. The first-order valence-corrected chi connectivity index (χ1v) is 7.05. The summed E-state index contributed by atoms with van der Waals surface area (Å²) < 4.78 is 10.6. The van der Waals surface area contributed by atoms with E-state index in [2.05, 4.69) is 15.8 Å². The maximum Gasteiger partial charge on any atom is 0.288 e. The van der Waals surface area contributed by atoms with Crippen molar-refractivity contribution >= 4 is 11.8 Å². The molecular weight excluding hydrogens is 298 g/mol. The van der Waals surface area contributed by atoms with Gasteiger partial charge in [0, 0.05) is 6.20 Å². The van der Waals surface area contributed by atoms with E-state index < -0.39 is 11.8 Å². The number of carbonyl (C=O) groups excluding carboxylic acids is 2. The third-order valence-corrected chi connectivity index (χ3v) is 2.72. The zero-order chi connectivity index (χ0) is 16.5. The van der Waals surface area contributed by atoms with E-state index >= 15 is 0 Å². The van der Waals surface area contributed by atoms with Crippen LogP contribution in [-0.4, -0.2) is 30.0 Å². The van der Waals surface area contributed by atoms with Crippen LogP contribution in [0.4, 0.5) is 0 Å². The number of pyridine rings is 1. The molecule has 1 aromatic carbocycles. The fourth-order valence-electron chi connectivity index (χ4n) is 1.67. The van der Waals surface area contributed by atoms with Crippen molar-refractivity contribution in [3.8, 4) is 11.5 Å². The van der Waals surface area contributed by atoms with Gasteiger partial charge in [0.15, 0.2) is 6.61 Å². The topological polar surface area (TPSA) is 89.5 Å². The molecule has 0 spiro atoms. The molecule has 0 saturated heterocycles. The first kappa shape index (κ1) is 16.3. The number of benzene rings is 1. The van der Waals surface area contributed by atoms with Gasteiger partial charge < -0.3 is 9.47 Å². The van der Waals surface area contributed by atoms with Crippen molar-refractivity contribution in [2.75, 3.05) is 13.2 Å². The molecule has 2 N–H and O–H groups in total. The minimum Gasteiger partial charge on any atom is -0.494 e. The smallest absolute Gasteiger partial charge is 0.288 e. The summed E-state index contributed by atoms with van der Waals surface area (Å²) in [6, 6.07) is 11.8. The third-order valence-electron chi connectivity index (χ3n) is 2.72. The first-order chi connectivity index (χ1) is 11.2. The number of ether oxygens (including phenoxy) is 2. The van der Waals surface area contributed by atoms with Gasteiger partial charge in [-0.05, 0) is 43.3 Å². The summed E-state index contributed by atoms with van der Waals surface area (Å²) in [5, 5.41) is 0. The minimum atomic E-state index is -0.500. The number of hydrogen-bond acceptors (Lipinski definition) is 5. The van der Waals surface area contributed by atoms with E-state index in [1.165, 1.54) is 12.3 Å². The second-order valence-corrected chi connectivity index (χ2v) is 4.41. The fraction of sp³-hybridized carbons (Fsp3) is 0.188. The van der Waals surface area contributed by atoms with Gasteiger partial charge in [0.25, 0.3) is 11.8 Å². The Kier molecular flexibility index (Phi) is 5.93. The maximum atomic E-state index is 11.7. The lowest BCUT2D eigenvalue weighted by Gasteiger charge is -2.09. The van der Waals surface area contributed by atoms with Gasteiger partial charge in [-0.3, -0.25) is 25.4 Å². The Bertz CT molecular complexity index is 644. The van der Waals surface area contributed by atoms with Crippen LogP contribution in [0.1, 0.15) is 17.4 Å². The van der Waals surface area contributed by atoms with E-state index in [1.807, 2.05) is 6.92 Å². The van der Waals surface area contributed by atoms with Crippen molar-refractivity contribution < 1.29 is 19.1 Å². The van der Waals surface area contributed by atoms with Gasteiger partial charge in [-0.15, -0.1) is 0 Å². The molecule has 0 bridgehead atoms. The van der Waals surface area contributed by atoms with Crippen molar-refractivity contribution in [2.24, 2.45) is 0 Å². The molecule has 2 amide bonds. The quantitative estimate of drug-likeness (QED) is 0.785. The summed E-state index contributed by atoms with van der Waals surface area (Å²) in [5.74, 6) is 0.273. The van der Waals surface area contributed by atoms with Gasteiger partial charge in [0.1, 0.15) is 17.2 Å². The highest BCUT2D eigenvalue weighted by Crippen LogP contribution is 2.17. The van der Waals surface area contributed by atoms with Gasteiger partial charge in [-0.25, -0.2) is 0 Å². The molecule has 0 radical (unpaired) electrons. The predicted molar refractivity (Wildman–Crippen MR) is 83.0 cm³/mol. The average Bonchev–Trinajstić information content (AvgIpc) is 2.60. The highest BCUT2D eigenvalue weighted by atomic mass is 16.5. The van der Waals surface area contributed by atoms with Crippen LogP contribution < -0.4 is 20.3 Å². The Labute approximate surface area is 133 Å². The minimum absolute atomic E-state index is 0.209. The fourth-order valence-corrected chi connectivity index (χ4v) is 1.67. The van der Waals surface area contributed by atoms with Gasteiger partial charge >= 0.3 is 0 Å². The molecule has 120 valence electrons. The van der Waals surface area contributed by atoms with Crippen LogP contribution in [0.3, 0.4) is 0 Å². The summed E-state index contributed by atoms with van der Waals surface area (Å²) in [6.45, 7) is 2.25. The van der Waals surface area contributed by atoms with Gasteiger partial charge in [-0.2, -0.15) is 0 Å². The van der Waals surface area contributed by atoms with Crippen LogP contribution in [0.15, 0.2) is 48.7 Å². The van der Waals surface area contributed by atoms with Crippen LogP contribution >= 0.6 is 0 Å². The SMILES string of the molecule is CCOc1ccc(OCC(=O)NNC(=O)c2ccccn2)cc1. The van der Waals surface area contributed by atoms with Crippen molar-refractivity contribution in [3.63, 3.8) is 0 Å². The molecule has 7 nitrogen and oxygen atoms in total. The maximum absolute atomic E-state index is 11.7. The lowest BCUT2D eigenvalue weighted by Crippen LogP contribution is -2.44. The largest absolute Gasteiger partial charge is 0.494 e. The van der Waals surface area contributed by atoms with Crippen LogP contribution in [0.2, 0.25) is 0 Å². The molecule has 1 aromatic heterocycles. The normalized spacial score (nSPS) is 9.78. The van der Waals surface area contributed by atoms with Gasteiger partial charge in [-0.1, -0.05) is 6.07 Å². The number of nitrogens with one attached hydrogen (secondary N) is 2. The molecule has 2 aromatic rings. The summed E-state index contributed by atoms with van der Waals surface area (Å²) in [5.41, 5.74) is 4.72. The van der Waals surface area contributed by atoms with E-state index in [0.29, 0.717) is 12.4 Å². The van der Waals surface area contributed by atoms with Crippen molar-refractivity contribution in [1.29, 1.82) is 0 Å². The Morgan fingerprint density at radius 2 is 1.70 bits per heavy atom. The Morgan fingerprint density at radius 1 is 1.00 bits per heavy atom. The lowest BCUT2D eigenvalue weighted by atomic mass is 10.3. The monoisotopic (exact) mass is 315 g/mol. The highest BCUT2D eigenvalue weighted by Gasteiger charge is 2.08. The Balaban J connectivity index is 1.73. The first-order valence-electron chi connectivity index (χ1n) is 7.05. The number of carbonyl (C=O) groups is 2. The van der Waals surface area contributed by atoms with Gasteiger partial charge in [0.2, 0.25) is 0 Å². The molecule has 2 rings (SSSR count). The van der Waals surface area contributed by atoms with Crippen molar-refractivity contribution in [1.82, 2.24) is 15.8 Å². The molecule has 0 atom stereocenters. The molecule has 23 heavy (non-hydrogen) atoms. The molecule has 1 heterocycles. The van der Waals surface area contributed by atoms with E-state index in [9.17, 15) is 9.59 Å². The lowest BCUT2D eigenvalue weighted by molar-refractivity contribution is -0.123. The number of nitrogens with zero attached hydrogens (tertiary/aromatic N) is 1. The van der Waals surface area contributed by atoms with E-state index in [0.717, 1.165) is 5.75 Å². The Hall–Kier alpha value is -3.09. The van der Waals surface area contributed by atoms with E-state index in [-0.39, 0.29) is 12.3 Å². The van der Waals surface area contributed by atoms with Crippen LogP contribution in [0.5, 0.6) is 11.5 Å². The molecule has 0 unspecified atom stereocenters. The zero-order valence-electron chi connectivity index (χ0n) is 12.6. The Morgan fingerprint density at radius 3 is 2.30 bits per heavy atom. The standard InChI is InChI=1S/C16H17N3O4/c1-2-22-12-6-8-13(9-7-12)23-11-15(20)18-19-16(21)14-5-3-4-10-17-14/h3-10H,2,11H2,1H3,(H,18,20)(H,19,21). The molecule has 0 aliphatic heterocycles. The second-order valence-electron chi connectivity index (χ2n) is 4.41. The van der Waals surface area contributed by atoms with Crippen LogP contribution in [-0.2, 0) is 4.79 Å². The number of aromatic nitrogens is 1. The zero-order valence-corrected chi connectivity index (χ0v) is 12.6.